The van der Waals surface area contributed by atoms with Crippen molar-refractivity contribution in [1.29, 1.82) is 0 Å². The van der Waals surface area contributed by atoms with Crippen molar-refractivity contribution in [3.8, 4) is 0 Å². The number of hydrogen-bond donors (Lipinski definition) is 1. The number of aryl methyl sites for hydroxylation is 2. The van der Waals surface area contributed by atoms with E-state index in [1.54, 1.807) is 0 Å². The van der Waals surface area contributed by atoms with Crippen molar-refractivity contribution in [1.82, 2.24) is 0 Å². The summed E-state index contributed by atoms with van der Waals surface area (Å²) in [5.74, 6) is 1.03. The second-order valence-corrected chi connectivity index (χ2v) is 6.07. The molecule has 1 fully saturated rings. The summed E-state index contributed by atoms with van der Waals surface area (Å²) >= 11 is 1.91. The van der Waals surface area contributed by atoms with Crippen molar-refractivity contribution in [2.45, 2.75) is 50.2 Å². The van der Waals surface area contributed by atoms with Gasteiger partial charge in [0.25, 0.3) is 0 Å². The average molecular weight is 236 g/mol. The van der Waals surface area contributed by atoms with Crippen LogP contribution in [0.3, 0.4) is 0 Å². The average Bonchev–Trinajstić information content (AvgIpc) is 2.59. The van der Waals surface area contributed by atoms with Gasteiger partial charge in [-0.1, -0.05) is 29.3 Å². The lowest BCUT2D eigenvalue weighted by molar-refractivity contribution is 0.188. The summed E-state index contributed by atoms with van der Waals surface area (Å²) < 4.78 is 0. The van der Waals surface area contributed by atoms with Gasteiger partial charge in [0.1, 0.15) is 0 Å². The van der Waals surface area contributed by atoms with Crippen LogP contribution < -0.4 is 0 Å². The largest absolute Gasteiger partial charge is 0.392 e. The van der Waals surface area contributed by atoms with E-state index in [2.05, 4.69) is 32.0 Å². The number of hydrogen-bond acceptors (Lipinski definition) is 2. The van der Waals surface area contributed by atoms with Crippen molar-refractivity contribution in [2.24, 2.45) is 0 Å². The molecule has 0 amide bonds. The van der Waals surface area contributed by atoms with Crippen LogP contribution in [0.1, 0.15) is 36.0 Å². The highest BCUT2D eigenvalue weighted by molar-refractivity contribution is 7.99. The number of aliphatic hydroxyl groups is 1. The molecular formula is C14H20OS. The highest BCUT2D eigenvalue weighted by atomic mass is 32.2. The van der Waals surface area contributed by atoms with Crippen LogP contribution in [-0.4, -0.2) is 16.5 Å². The van der Waals surface area contributed by atoms with E-state index in [0.717, 1.165) is 12.2 Å². The van der Waals surface area contributed by atoms with Gasteiger partial charge >= 0.3 is 0 Å². The zero-order valence-corrected chi connectivity index (χ0v) is 10.9. The van der Waals surface area contributed by atoms with Crippen LogP contribution in [0, 0.1) is 13.8 Å². The molecule has 88 valence electrons. The molecule has 0 heterocycles. The standard InChI is InChI=1S/C14H20OS/c1-10-6-11(2)8-12(7-10)9-16-14-5-3-4-13(14)15/h6-8,13-15H,3-5,9H2,1-2H3. The third kappa shape index (κ3) is 3.02. The van der Waals surface area contributed by atoms with Gasteiger partial charge in [0, 0.05) is 11.0 Å². The molecule has 2 atom stereocenters. The van der Waals surface area contributed by atoms with E-state index in [9.17, 15) is 5.11 Å². The molecule has 0 aliphatic heterocycles. The molecule has 1 aliphatic carbocycles. The Labute approximate surface area is 102 Å². The SMILES string of the molecule is Cc1cc(C)cc(CSC2CCCC2O)c1. The molecule has 1 aliphatic rings. The summed E-state index contributed by atoms with van der Waals surface area (Å²) in [5.41, 5.74) is 4.06. The van der Waals surface area contributed by atoms with Gasteiger partial charge in [0.2, 0.25) is 0 Å². The first-order valence-electron chi connectivity index (χ1n) is 6.02. The Morgan fingerprint density at radius 3 is 2.44 bits per heavy atom. The fourth-order valence-electron chi connectivity index (χ4n) is 2.46. The maximum atomic E-state index is 9.76. The molecule has 2 rings (SSSR count). The van der Waals surface area contributed by atoms with E-state index in [1.165, 1.54) is 29.5 Å². The van der Waals surface area contributed by atoms with Gasteiger partial charge in [-0.25, -0.2) is 0 Å². The van der Waals surface area contributed by atoms with Gasteiger partial charge in [-0.2, -0.15) is 11.8 Å². The number of aliphatic hydroxyl groups excluding tert-OH is 1. The summed E-state index contributed by atoms with van der Waals surface area (Å²) in [6.45, 7) is 4.29. The molecule has 0 saturated heterocycles. The highest BCUT2D eigenvalue weighted by Crippen LogP contribution is 2.32. The zero-order valence-electron chi connectivity index (χ0n) is 10.1. The second-order valence-electron chi connectivity index (χ2n) is 4.84. The maximum Gasteiger partial charge on any atom is 0.0658 e. The quantitative estimate of drug-likeness (QED) is 0.867. The molecule has 0 radical (unpaired) electrons. The molecule has 2 heteroatoms. The van der Waals surface area contributed by atoms with E-state index in [0.29, 0.717) is 5.25 Å². The minimum absolute atomic E-state index is 0.0732. The van der Waals surface area contributed by atoms with Crippen LogP contribution in [0.2, 0.25) is 0 Å². The Kier molecular flexibility index (Phi) is 3.93. The molecule has 0 spiro atoms. The number of rotatable bonds is 3. The van der Waals surface area contributed by atoms with Crippen molar-refractivity contribution < 1.29 is 5.11 Å². The zero-order chi connectivity index (χ0) is 11.5. The first kappa shape index (κ1) is 12.0. The second kappa shape index (κ2) is 5.24. The van der Waals surface area contributed by atoms with E-state index < -0.39 is 0 Å². The summed E-state index contributed by atoms with van der Waals surface area (Å²) in [6, 6.07) is 6.71. The van der Waals surface area contributed by atoms with Crippen LogP contribution in [0.25, 0.3) is 0 Å². The van der Waals surface area contributed by atoms with Crippen LogP contribution in [0.4, 0.5) is 0 Å². The molecule has 2 unspecified atom stereocenters. The van der Waals surface area contributed by atoms with Crippen molar-refractivity contribution in [2.75, 3.05) is 0 Å². The Bertz CT molecular complexity index is 342. The Hall–Kier alpha value is -0.470. The van der Waals surface area contributed by atoms with Gasteiger partial charge in [-0.3, -0.25) is 0 Å². The van der Waals surface area contributed by atoms with Crippen LogP contribution in [0.15, 0.2) is 18.2 Å². The van der Waals surface area contributed by atoms with E-state index >= 15 is 0 Å². The van der Waals surface area contributed by atoms with Crippen molar-refractivity contribution in [3.63, 3.8) is 0 Å². The van der Waals surface area contributed by atoms with E-state index in [4.69, 9.17) is 0 Å². The Morgan fingerprint density at radius 2 is 1.88 bits per heavy atom. The predicted molar refractivity (Wildman–Crippen MR) is 70.9 cm³/mol. The van der Waals surface area contributed by atoms with Crippen LogP contribution in [-0.2, 0) is 5.75 Å². The van der Waals surface area contributed by atoms with E-state index in [-0.39, 0.29) is 6.10 Å². The lowest BCUT2D eigenvalue weighted by atomic mass is 10.1. The molecule has 1 N–H and O–H groups in total. The summed E-state index contributed by atoms with van der Waals surface area (Å²) in [4.78, 5) is 0. The predicted octanol–water partition coefficient (Wildman–Crippen LogP) is 3.45. The van der Waals surface area contributed by atoms with Gasteiger partial charge in [0.05, 0.1) is 6.10 Å². The first-order valence-corrected chi connectivity index (χ1v) is 7.07. The molecule has 1 aromatic carbocycles. The molecule has 1 saturated carbocycles. The molecule has 1 aromatic rings. The molecule has 16 heavy (non-hydrogen) atoms. The summed E-state index contributed by atoms with van der Waals surface area (Å²) in [6.07, 6.45) is 3.28. The normalized spacial score (nSPS) is 24.9. The fourth-order valence-corrected chi connectivity index (χ4v) is 3.72. The topological polar surface area (TPSA) is 20.2 Å². The lowest BCUT2D eigenvalue weighted by Crippen LogP contribution is -2.15. The summed E-state index contributed by atoms with van der Waals surface area (Å²) in [7, 11) is 0. The minimum Gasteiger partial charge on any atom is -0.392 e. The third-order valence-electron chi connectivity index (χ3n) is 3.16. The first-order chi connectivity index (χ1) is 7.65. The van der Waals surface area contributed by atoms with Gasteiger partial charge in [0.15, 0.2) is 0 Å². The van der Waals surface area contributed by atoms with Crippen molar-refractivity contribution in [3.05, 3.63) is 34.9 Å². The molecule has 0 aromatic heterocycles. The van der Waals surface area contributed by atoms with Gasteiger partial charge < -0.3 is 5.11 Å². The van der Waals surface area contributed by atoms with Crippen LogP contribution in [0.5, 0.6) is 0 Å². The number of thioether (sulfide) groups is 1. The third-order valence-corrected chi connectivity index (χ3v) is 4.64. The monoisotopic (exact) mass is 236 g/mol. The lowest BCUT2D eigenvalue weighted by Gasteiger charge is -2.14. The fraction of sp³-hybridized carbons (Fsp3) is 0.571. The molecule has 1 nitrogen and oxygen atoms in total. The smallest absolute Gasteiger partial charge is 0.0658 e. The van der Waals surface area contributed by atoms with Crippen molar-refractivity contribution >= 4 is 11.8 Å². The Morgan fingerprint density at radius 1 is 1.19 bits per heavy atom. The highest BCUT2D eigenvalue weighted by Gasteiger charge is 2.25. The van der Waals surface area contributed by atoms with Crippen LogP contribution >= 0.6 is 11.8 Å². The van der Waals surface area contributed by atoms with E-state index in [1.807, 2.05) is 11.8 Å². The molecular weight excluding hydrogens is 216 g/mol. The molecule has 0 bridgehead atoms. The minimum atomic E-state index is -0.0732. The van der Waals surface area contributed by atoms with Gasteiger partial charge in [-0.05, 0) is 38.7 Å². The van der Waals surface area contributed by atoms with Gasteiger partial charge in [-0.15, -0.1) is 0 Å². The Balaban J connectivity index is 1.94. The summed E-state index contributed by atoms with van der Waals surface area (Å²) in [5, 5.41) is 10.2. The maximum absolute atomic E-state index is 9.76. The number of benzene rings is 1.